The van der Waals surface area contributed by atoms with Gasteiger partial charge in [0.2, 0.25) is 5.95 Å². The number of nitrogens with zero attached hydrogens (tertiary/aromatic N) is 3. The molecule has 2 aliphatic rings. The molecule has 0 saturated carbocycles. The molecule has 1 N–H and O–H groups in total. The average Bonchev–Trinajstić information content (AvgIpc) is 3.07. The summed E-state index contributed by atoms with van der Waals surface area (Å²) in [5, 5.41) is 3.65. The topological polar surface area (TPSA) is 42.3 Å². The van der Waals surface area contributed by atoms with Gasteiger partial charge in [-0.2, -0.15) is 0 Å². The third-order valence-electron chi connectivity index (χ3n) is 4.71. The molecule has 2 fully saturated rings. The fraction of sp³-hybridized carbons (Fsp3) is 0.800. The highest BCUT2D eigenvalue weighted by molar-refractivity contribution is 5.29. The van der Waals surface area contributed by atoms with Crippen molar-refractivity contribution >= 4 is 5.95 Å². The summed E-state index contributed by atoms with van der Waals surface area (Å²) in [6.45, 7) is 5.41. The maximum atomic E-state index is 5.25. The first-order chi connectivity index (χ1) is 9.78. The lowest BCUT2D eigenvalue weighted by molar-refractivity contribution is 0.162. The van der Waals surface area contributed by atoms with Crippen molar-refractivity contribution in [2.24, 2.45) is 0 Å². The molecule has 1 aromatic heterocycles. The van der Waals surface area contributed by atoms with Crippen molar-refractivity contribution in [2.75, 3.05) is 32.1 Å². The van der Waals surface area contributed by atoms with E-state index in [0.29, 0.717) is 18.7 Å². The molecule has 3 rings (SSSR count). The van der Waals surface area contributed by atoms with Crippen molar-refractivity contribution in [3.05, 3.63) is 12.4 Å². The van der Waals surface area contributed by atoms with E-state index in [2.05, 4.69) is 26.7 Å². The first-order valence-corrected chi connectivity index (χ1v) is 7.80. The normalized spacial score (nSPS) is 28.3. The molecule has 0 radical (unpaired) electrons. The summed E-state index contributed by atoms with van der Waals surface area (Å²) in [7, 11) is 1.75. The Hall–Kier alpha value is -1.07. The molecular formula is C15H26N4O. The van der Waals surface area contributed by atoms with Gasteiger partial charge in [-0.05, 0) is 39.2 Å². The Balaban J connectivity index is 1.62. The Morgan fingerprint density at radius 2 is 2.35 bits per heavy atom. The fourth-order valence-corrected chi connectivity index (χ4v) is 3.64. The van der Waals surface area contributed by atoms with E-state index < -0.39 is 0 Å². The van der Waals surface area contributed by atoms with Crippen LogP contribution < -0.4 is 5.32 Å². The lowest BCUT2D eigenvalue weighted by Crippen LogP contribution is -2.43. The maximum Gasteiger partial charge on any atom is 0.203 e. The van der Waals surface area contributed by atoms with Gasteiger partial charge in [0.1, 0.15) is 0 Å². The van der Waals surface area contributed by atoms with Crippen molar-refractivity contribution in [1.82, 2.24) is 14.5 Å². The van der Waals surface area contributed by atoms with Crippen LogP contribution in [0.15, 0.2) is 12.4 Å². The Labute approximate surface area is 121 Å². The lowest BCUT2D eigenvalue weighted by Gasteiger charge is -2.35. The zero-order valence-corrected chi connectivity index (χ0v) is 12.6. The molecule has 1 aromatic rings. The van der Waals surface area contributed by atoms with Crippen molar-refractivity contribution < 1.29 is 4.74 Å². The number of piperidine rings is 1. The third-order valence-corrected chi connectivity index (χ3v) is 4.71. The zero-order valence-electron chi connectivity index (χ0n) is 12.6. The Morgan fingerprint density at radius 1 is 1.45 bits per heavy atom. The Bertz CT molecular complexity index is 433. The van der Waals surface area contributed by atoms with E-state index in [9.17, 15) is 0 Å². The van der Waals surface area contributed by atoms with Crippen LogP contribution in [0.1, 0.15) is 38.6 Å². The van der Waals surface area contributed by atoms with Crippen molar-refractivity contribution in [3.8, 4) is 0 Å². The number of hydrogen-bond donors (Lipinski definition) is 1. The first kappa shape index (κ1) is 13.9. The second kappa shape index (κ2) is 6.14. The molecule has 3 heterocycles. The maximum absolute atomic E-state index is 5.25. The number of aromatic nitrogens is 2. The van der Waals surface area contributed by atoms with Gasteiger partial charge in [-0.25, -0.2) is 4.98 Å². The standard InChI is InChI=1S/C15H26N4O/c1-12(11-20-2)19-9-6-16-15(19)17-13-5-8-18-7-3-4-14(18)10-13/h6,9,12-14H,3-5,7-8,10-11H2,1-2H3,(H,16,17). The highest BCUT2D eigenvalue weighted by atomic mass is 16.5. The van der Waals surface area contributed by atoms with Gasteiger partial charge in [-0.15, -0.1) is 0 Å². The second-order valence-electron chi connectivity index (χ2n) is 6.16. The number of hydrogen-bond acceptors (Lipinski definition) is 4. The number of imidazole rings is 1. The Kier molecular flexibility index (Phi) is 4.27. The van der Waals surface area contributed by atoms with Gasteiger partial charge in [-0.3, -0.25) is 0 Å². The number of fused-ring (bicyclic) bond motifs is 1. The minimum atomic E-state index is 0.316. The SMILES string of the molecule is COCC(C)n1ccnc1NC1CCN2CCCC2C1. The average molecular weight is 278 g/mol. The van der Waals surface area contributed by atoms with Gasteiger partial charge in [0.15, 0.2) is 0 Å². The summed E-state index contributed by atoms with van der Waals surface area (Å²) in [5.74, 6) is 0.992. The lowest BCUT2D eigenvalue weighted by atomic mass is 9.98. The Morgan fingerprint density at radius 3 is 3.20 bits per heavy atom. The van der Waals surface area contributed by atoms with E-state index in [1.54, 1.807) is 7.11 Å². The summed E-state index contributed by atoms with van der Waals surface area (Å²) >= 11 is 0. The molecule has 20 heavy (non-hydrogen) atoms. The summed E-state index contributed by atoms with van der Waals surface area (Å²) in [6, 6.07) is 1.67. The van der Waals surface area contributed by atoms with E-state index in [1.165, 1.54) is 38.8 Å². The van der Waals surface area contributed by atoms with Gasteiger partial charge in [-0.1, -0.05) is 0 Å². The van der Waals surface area contributed by atoms with Crippen molar-refractivity contribution in [1.29, 1.82) is 0 Å². The van der Waals surface area contributed by atoms with Crippen LogP contribution in [0.5, 0.6) is 0 Å². The number of rotatable bonds is 5. The number of anilines is 1. The van der Waals surface area contributed by atoms with E-state index in [-0.39, 0.29) is 0 Å². The van der Waals surface area contributed by atoms with Gasteiger partial charge < -0.3 is 19.5 Å². The van der Waals surface area contributed by atoms with E-state index in [4.69, 9.17) is 4.74 Å². The molecule has 2 aliphatic heterocycles. The monoisotopic (exact) mass is 278 g/mol. The predicted octanol–water partition coefficient (Wildman–Crippen LogP) is 2.13. The molecule has 3 unspecified atom stereocenters. The van der Waals surface area contributed by atoms with Gasteiger partial charge in [0, 0.05) is 38.1 Å². The molecule has 2 saturated heterocycles. The summed E-state index contributed by atoms with van der Waals surface area (Å²) in [6.07, 6.45) is 9.13. The van der Waals surface area contributed by atoms with Crippen LogP contribution in [0.3, 0.4) is 0 Å². The third kappa shape index (κ3) is 2.83. The molecule has 5 nitrogen and oxygen atoms in total. The molecule has 0 spiro atoms. The molecule has 112 valence electrons. The number of ether oxygens (including phenoxy) is 1. The van der Waals surface area contributed by atoms with Crippen molar-refractivity contribution in [2.45, 2.75) is 50.7 Å². The number of nitrogens with one attached hydrogen (secondary N) is 1. The zero-order chi connectivity index (χ0) is 13.9. The molecule has 0 aliphatic carbocycles. The molecule has 0 bridgehead atoms. The highest BCUT2D eigenvalue weighted by Gasteiger charge is 2.32. The van der Waals surface area contributed by atoms with E-state index in [1.807, 2.05) is 12.4 Å². The minimum Gasteiger partial charge on any atom is -0.383 e. The van der Waals surface area contributed by atoms with Crippen LogP contribution in [-0.4, -0.2) is 53.3 Å². The summed E-state index contributed by atoms with van der Waals surface area (Å²) < 4.78 is 7.43. The van der Waals surface area contributed by atoms with Crippen LogP contribution in [0.4, 0.5) is 5.95 Å². The van der Waals surface area contributed by atoms with Crippen molar-refractivity contribution in [3.63, 3.8) is 0 Å². The van der Waals surface area contributed by atoms with Crippen LogP contribution in [0, 0.1) is 0 Å². The highest BCUT2D eigenvalue weighted by Crippen LogP contribution is 2.28. The van der Waals surface area contributed by atoms with Gasteiger partial charge >= 0.3 is 0 Å². The minimum absolute atomic E-state index is 0.316. The van der Waals surface area contributed by atoms with Gasteiger partial charge in [0.25, 0.3) is 0 Å². The molecule has 5 heteroatoms. The van der Waals surface area contributed by atoms with Crippen LogP contribution in [0.2, 0.25) is 0 Å². The van der Waals surface area contributed by atoms with Crippen LogP contribution in [0.25, 0.3) is 0 Å². The van der Waals surface area contributed by atoms with Gasteiger partial charge in [0.05, 0.1) is 12.6 Å². The summed E-state index contributed by atoms with van der Waals surface area (Å²) in [4.78, 5) is 7.13. The second-order valence-corrected chi connectivity index (χ2v) is 6.16. The molecule has 0 amide bonds. The summed E-state index contributed by atoms with van der Waals surface area (Å²) in [5.41, 5.74) is 0. The fourth-order valence-electron chi connectivity index (χ4n) is 3.64. The molecular weight excluding hydrogens is 252 g/mol. The quantitative estimate of drug-likeness (QED) is 0.896. The smallest absolute Gasteiger partial charge is 0.203 e. The predicted molar refractivity (Wildman–Crippen MR) is 80.1 cm³/mol. The van der Waals surface area contributed by atoms with E-state index >= 15 is 0 Å². The van der Waals surface area contributed by atoms with Crippen LogP contribution in [-0.2, 0) is 4.74 Å². The molecule has 3 atom stereocenters. The number of methoxy groups -OCH3 is 1. The van der Waals surface area contributed by atoms with Crippen LogP contribution >= 0.6 is 0 Å². The largest absolute Gasteiger partial charge is 0.383 e. The first-order valence-electron chi connectivity index (χ1n) is 7.80. The van der Waals surface area contributed by atoms with E-state index in [0.717, 1.165) is 12.0 Å². The molecule has 0 aromatic carbocycles.